The van der Waals surface area contributed by atoms with Gasteiger partial charge in [-0.2, -0.15) is 0 Å². The predicted octanol–water partition coefficient (Wildman–Crippen LogP) is 6.53. The van der Waals surface area contributed by atoms with Crippen molar-refractivity contribution in [1.82, 2.24) is 9.88 Å². The highest BCUT2D eigenvalue weighted by atomic mass is 16.4. The Morgan fingerprint density at radius 1 is 0.848 bits per heavy atom. The van der Waals surface area contributed by atoms with Gasteiger partial charge in [-0.3, -0.25) is 14.7 Å². The Morgan fingerprint density at radius 2 is 1.52 bits per heavy atom. The Kier molecular flexibility index (Phi) is 7.28. The van der Waals surface area contributed by atoms with Crippen LogP contribution in [0.2, 0.25) is 0 Å². The normalized spacial score (nSPS) is 12.9. The lowest BCUT2D eigenvalue weighted by Crippen LogP contribution is -2.32. The number of pyridine rings is 1. The molecule has 1 aromatic heterocycles. The summed E-state index contributed by atoms with van der Waals surface area (Å²) in [5, 5.41) is 9.86. The van der Waals surface area contributed by atoms with Crippen molar-refractivity contribution in [3.8, 4) is 11.3 Å². The molecule has 0 bridgehead atoms. The summed E-state index contributed by atoms with van der Waals surface area (Å²) in [4.78, 5) is 18.8. The van der Waals surface area contributed by atoms with Gasteiger partial charge in [-0.1, -0.05) is 84.9 Å². The summed E-state index contributed by atoms with van der Waals surface area (Å²) in [5.41, 5.74) is 5.13. The SMILES string of the molecule is CC(c1ccccc1)N(Cc1ccccc1)C(CC(=O)O)c1cccc(-c2ccccn2)c1. The van der Waals surface area contributed by atoms with Gasteiger partial charge < -0.3 is 5.11 Å². The second-order valence-electron chi connectivity index (χ2n) is 8.20. The number of benzene rings is 3. The van der Waals surface area contributed by atoms with E-state index < -0.39 is 5.97 Å². The molecule has 4 nitrogen and oxygen atoms in total. The lowest BCUT2D eigenvalue weighted by Gasteiger charge is -2.37. The fourth-order valence-corrected chi connectivity index (χ4v) is 4.27. The molecule has 0 saturated heterocycles. The van der Waals surface area contributed by atoms with Gasteiger partial charge in [0, 0.05) is 30.4 Å². The first-order valence-electron chi connectivity index (χ1n) is 11.2. The van der Waals surface area contributed by atoms with Crippen LogP contribution in [0.25, 0.3) is 11.3 Å². The molecule has 2 atom stereocenters. The first kappa shape index (κ1) is 22.4. The molecule has 4 heteroatoms. The van der Waals surface area contributed by atoms with Gasteiger partial charge in [0.1, 0.15) is 0 Å². The number of aliphatic carboxylic acids is 1. The molecule has 3 aromatic carbocycles. The van der Waals surface area contributed by atoms with Crippen molar-refractivity contribution in [2.45, 2.75) is 32.0 Å². The zero-order valence-electron chi connectivity index (χ0n) is 18.7. The van der Waals surface area contributed by atoms with Crippen LogP contribution in [0, 0.1) is 0 Å². The van der Waals surface area contributed by atoms with E-state index in [0.717, 1.165) is 27.9 Å². The van der Waals surface area contributed by atoms with Crippen LogP contribution in [0.1, 0.15) is 42.1 Å². The van der Waals surface area contributed by atoms with Crippen LogP contribution in [-0.2, 0) is 11.3 Å². The Bertz CT molecular complexity index is 1160. The predicted molar refractivity (Wildman–Crippen MR) is 132 cm³/mol. The Balaban J connectivity index is 1.77. The Labute approximate surface area is 195 Å². The zero-order valence-corrected chi connectivity index (χ0v) is 18.7. The van der Waals surface area contributed by atoms with Crippen LogP contribution < -0.4 is 0 Å². The average molecular weight is 437 g/mol. The number of nitrogens with zero attached hydrogens (tertiary/aromatic N) is 2. The Morgan fingerprint density at radius 3 is 2.18 bits per heavy atom. The average Bonchev–Trinajstić information content (AvgIpc) is 2.87. The van der Waals surface area contributed by atoms with E-state index in [9.17, 15) is 9.90 Å². The van der Waals surface area contributed by atoms with E-state index in [1.54, 1.807) is 6.20 Å². The monoisotopic (exact) mass is 436 g/mol. The van der Waals surface area contributed by atoms with E-state index in [2.05, 4.69) is 47.1 Å². The third-order valence-corrected chi connectivity index (χ3v) is 5.99. The molecule has 0 aliphatic rings. The van der Waals surface area contributed by atoms with E-state index in [4.69, 9.17) is 0 Å². The van der Waals surface area contributed by atoms with Gasteiger partial charge in [0.05, 0.1) is 12.1 Å². The van der Waals surface area contributed by atoms with Crippen LogP contribution >= 0.6 is 0 Å². The van der Waals surface area contributed by atoms with Crippen LogP contribution in [0.15, 0.2) is 109 Å². The van der Waals surface area contributed by atoms with Gasteiger partial charge in [-0.05, 0) is 41.8 Å². The molecule has 166 valence electrons. The fourth-order valence-electron chi connectivity index (χ4n) is 4.27. The molecule has 0 spiro atoms. The molecule has 4 aromatic rings. The minimum absolute atomic E-state index is 0.00960. The highest BCUT2D eigenvalue weighted by Crippen LogP contribution is 2.36. The lowest BCUT2D eigenvalue weighted by molar-refractivity contribution is -0.138. The minimum atomic E-state index is -0.818. The van der Waals surface area contributed by atoms with E-state index in [1.807, 2.05) is 72.8 Å². The third kappa shape index (κ3) is 5.73. The summed E-state index contributed by atoms with van der Waals surface area (Å²) in [7, 11) is 0. The summed E-state index contributed by atoms with van der Waals surface area (Å²) in [6, 6.07) is 34.1. The summed E-state index contributed by atoms with van der Waals surface area (Å²) in [6.07, 6.45) is 1.78. The molecule has 0 fully saturated rings. The quantitative estimate of drug-likeness (QED) is 0.324. The van der Waals surface area contributed by atoms with Crippen LogP contribution in [0.5, 0.6) is 0 Å². The van der Waals surface area contributed by atoms with Crippen molar-refractivity contribution in [1.29, 1.82) is 0 Å². The number of hydrogen-bond donors (Lipinski definition) is 1. The number of carbonyl (C=O) groups is 1. The van der Waals surface area contributed by atoms with Crippen molar-refractivity contribution < 1.29 is 9.90 Å². The highest BCUT2D eigenvalue weighted by molar-refractivity contribution is 5.68. The molecule has 0 radical (unpaired) electrons. The van der Waals surface area contributed by atoms with Crippen molar-refractivity contribution in [2.75, 3.05) is 0 Å². The third-order valence-electron chi connectivity index (χ3n) is 5.99. The second-order valence-corrected chi connectivity index (χ2v) is 8.20. The van der Waals surface area contributed by atoms with E-state index in [-0.39, 0.29) is 18.5 Å². The molecule has 0 amide bonds. The highest BCUT2D eigenvalue weighted by Gasteiger charge is 2.28. The van der Waals surface area contributed by atoms with Gasteiger partial charge in [0.2, 0.25) is 0 Å². The number of aromatic nitrogens is 1. The van der Waals surface area contributed by atoms with Gasteiger partial charge in [0.15, 0.2) is 0 Å². The topological polar surface area (TPSA) is 53.4 Å². The van der Waals surface area contributed by atoms with E-state index in [1.165, 1.54) is 0 Å². The summed E-state index contributed by atoms with van der Waals surface area (Å²) >= 11 is 0. The van der Waals surface area contributed by atoms with Gasteiger partial charge in [-0.25, -0.2) is 0 Å². The molecule has 0 saturated carbocycles. The van der Waals surface area contributed by atoms with Crippen molar-refractivity contribution in [2.24, 2.45) is 0 Å². The fraction of sp³-hybridized carbons (Fsp3) is 0.172. The molecular weight excluding hydrogens is 408 g/mol. The smallest absolute Gasteiger partial charge is 0.305 e. The number of rotatable bonds is 9. The summed E-state index contributed by atoms with van der Waals surface area (Å²) in [6.45, 7) is 2.79. The van der Waals surface area contributed by atoms with Crippen molar-refractivity contribution >= 4 is 5.97 Å². The number of carboxylic acid groups (broad SMARTS) is 1. The molecular formula is C29H28N2O2. The molecule has 1 heterocycles. The molecule has 0 aliphatic heterocycles. The maximum atomic E-state index is 12.0. The van der Waals surface area contributed by atoms with Crippen molar-refractivity contribution in [3.63, 3.8) is 0 Å². The first-order chi connectivity index (χ1) is 16.1. The van der Waals surface area contributed by atoms with Crippen LogP contribution in [-0.4, -0.2) is 21.0 Å². The van der Waals surface area contributed by atoms with Gasteiger partial charge in [-0.15, -0.1) is 0 Å². The lowest BCUT2D eigenvalue weighted by atomic mass is 9.95. The number of hydrogen-bond acceptors (Lipinski definition) is 3. The Hall–Kier alpha value is -3.76. The van der Waals surface area contributed by atoms with Gasteiger partial charge >= 0.3 is 5.97 Å². The maximum Gasteiger partial charge on any atom is 0.305 e. The molecule has 0 aliphatic carbocycles. The minimum Gasteiger partial charge on any atom is -0.481 e. The van der Waals surface area contributed by atoms with Crippen molar-refractivity contribution in [3.05, 3.63) is 126 Å². The van der Waals surface area contributed by atoms with E-state index in [0.29, 0.717) is 6.54 Å². The largest absolute Gasteiger partial charge is 0.481 e. The maximum absolute atomic E-state index is 12.0. The van der Waals surface area contributed by atoms with Crippen LogP contribution in [0.3, 0.4) is 0 Å². The van der Waals surface area contributed by atoms with E-state index >= 15 is 0 Å². The number of carboxylic acids is 1. The van der Waals surface area contributed by atoms with Gasteiger partial charge in [0.25, 0.3) is 0 Å². The molecule has 2 unspecified atom stereocenters. The standard InChI is InChI=1S/C29H28N2O2/c1-22(24-13-6-3-7-14-24)31(21-23-11-4-2-5-12-23)28(20-29(32)33)26-16-10-15-25(19-26)27-17-8-9-18-30-27/h2-19,22,28H,20-21H2,1H3,(H,32,33). The molecule has 33 heavy (non-hydrogen) atoms. The first-order valence-corrected chi connectivity index (χ1v) is 11.2. The van der Waals surface area contributed by atoms with Crippen LogP contribution in [0.4, 0.5) is 0 Å². The second kappa shape index (κ2) is 10.7. The summed E-state index contributed by atoms with van der Waals surface area (Å²) < 4.78 is 0. The zero-order chi connectivity index (χ0) is 23.0. The molecule has 4 rings (SSSR count). The molecule has 1 N–H and O–H groups in total. The summed E-state index contributed by atoms with van der Waals surface area (Å²) in [5.74, 6) is -0.818.